The third kappa shape index (κ3) is 4.77. The Morgan fingerprint density at radius 3 is 2.47 bits per heavy atom. The normalized spacial score (nSPS) is 15.0. The molecule has 162 valence electrons. The number of morpholine rings is 1. The average Bonchev–Trinajstić information content (AvgIpc) is 2.76. The van der Waals surface area contributed by atoms with Crippen molar-refractivity contribution in [2.24, 2.45) is 0 Å². The third-order valence-electron chi connectivity index (χ3n) is 4.94. The molecule has 1 N–H and O–H groups in total. The van der Waals surface area contributed by atoms with E-state index in [0.29, 0.717) is 50.8 Å². The summed E-state index contributed by atoms with van der Waals surface area (Å²) in [6.07, 6.45) is 2.91. The average molecular weight is 434 g/mol. The van der Waals surface area contributed by atoms with E-state index < -0.39 is 15.9 Å². The lowest BCUT2D eigenvalue weighted by Crippen LogP contribution is -2.40. The summed E-state index contributed by atoms with van der Waals surface area (Å²) in [5.74, 6) is -0.447. The van der Waals surface area contributed by atoms with Gasteiger partial charge in [-0.2, -0.15) is 4.31 Å². The van der Waals surface area contributed by atoms with Gasteiger partial charge in [-0.3, -0.25) is 9.78 Å². The Kier molecular flexibility index (Phi) is 7.01. The van der Waals surface area contributed by atoms with Crippen LogP contribution in [0.4, 0.5) is 11.4 Å². The number of benzene rings is 1. The van der Waals surface area contributed by atoms with Crippen molar-refractivity contribution in [3.05, 3.63) is 42.0 Å². The van der Waals surface area contributed by atoms with E-state index in [4.69, 9.17) is 4.74 Å². The van der Waals surface area contributed by atoms with Crippen LogP contribution in [0, 0.1) is 6.92 Å². The van der Waals surface area contributed by atoms with Crippen LogP contribution in [0.5, 0.6) is 0 Å². The van der Waals surface area contributed by atoms with Crippen LogP contribution in [-0.4, -0.2) is 68.0 Å². The Morgan fingerprint density at radius 2 is 1.87 bits per heavy atom. The van der Waals surface area contributed by atoms with Gasteiger partial charge in [0.2, 0.25) is 10.0 Å². The Morgan fingerprint density at radius 1 is 1.17 bits per heavy atom. The molecule has 1 aliphatic rings. The van der Waals surface area contributed by atoms with Crippen molar-refractivity contribution in [3.63, 3.8) is 0 Å². The number of rotatable bonds is 7. The molecular formula is C20H27N5O4S. The number of aromatic nitrogens is 2. The maximum absolute atomic E-state index is 13.1. The summed E-state index contributed by atoms with van der Waals surface area (Å²) in [4.78, 5) is 23.1. The molecule has 0 saturated carbocycles. The highest BCUT2D eigenvalue weighted by Gasteiger charge is 2.27. The van der Waals surface area contributed by atoms with Gasteiger partial charge in [-0.1, -0.05) is 0 Å². The quantitative estimate of drug-likeness (QED) is 0.711. The summed E-state index contributed by atoms with van der Waals surface area (Å²) < 4.78 is 32.8. The number of carbonyl (C=O) groups excluding carboxylic acids is 1. The number of nitrogens with zero attached hydrogens (tertiary/aromatic N) is 4. The van der Waals surface area contributed by atoms with E-state index in [-0.39, 0.29) is 10.6 Å². The van der Waals surface area contributed by atoms with E-state index in [1.54, 1.807) is 19.1 Å². The number of amides is 1. The van der Waals surface area contributed by atoms with E-state index in [9.17, 15) is 13.2 Å². The Balaban J connectivity index is 1.98. The van der Waals surface area contributed by atoms with E-state index in [1.165, 1.54) is 22.8 Å². The molecule has 0 spiro atoms. The fourth-order valence-electron chi connectivity index (χ4n) is 3.25. The molecule has 0 radical (unpaired) electrons. The second kappa shape index (κ2) is 9.50. The molecule has 3 rings (SSSR count). The largest absolute Gasteiger partial charge is 0.379 e. The number of hydrogen-bond donors (Lipinski definition) is 1. The molecule has 0 atom stereocenters. The SMILES string of the molecule is CCN(CC)c1ccc(S(=O)(=O)N2CCOCC2)cc1NC(=O)c1cnc(C)cn1. The molecule has 1 saturated heterocycles. The minimum atomic E-state index is -3.69. The van der Waals surface area contributed by atoms with Gasteiger partial charge in [0.15, 0.2) is 0 Å². The zero-order chi connectivity index (χ0) is 21.7. The molecule has 9 nitrogen and oxygen atoms in total. The molecule has 30 heavy (non-hydrogen) atoms. The second-order valence-corrected chi connectivity index (χ2v) is 8.80. The predicted octanol–water partition coefficient (Wildman–Crippen LogP) is 1.90. The van der Waals surface area contributed by atoms with Gasteiger partial charge in [0.25, 0.3) is 5.91 Å². The lowest BCUT2D eigenvalue weighted by molar-refractivity contribution is 0.0730. The van der Waals surface area contributed by atoms with Gasteiger partial charge in [-0.15, -0.1) is 0 Å². The van der Waals surface area contributed by atoms with E-state index in [2.05, 4.69) is 15.3 Å². The van der Waals surface area contributed by atoms with Gasteiger partial charge in [0.05, 0.1) is 41.4 Å². The predicted molar refractivity (Wildman–Crippen MR) is 114 cm³/mol. The van der Waals surface area contributed by atoms with Gasteiger partial charge in [0, 0.05) is 32.4 Å². The summed E-state index contributed by atoms with van der Waals surface area (Å²) in [5.41, 5.74) is 2.02. The number of ether oxygens (including phenoxy) is 1. The Hall–Kier alpha value is -2.56. The fraction of sp³-hybridized carbons (Fsp3) is 0.450. The van der Waals surface area contributed by atoms with Crippen molar-refractivity contribution in [1.82, 2.24) is 14.3 Å². The fourth-order valence-corrected chi connectivity index (χ4v) is 4.68. The highest BCUT2D eigenvalue weighted by Crippen LogP contribution is 2.30. The molecule has 1 fully saturated rings. The van der Waals surface area contributed by atoms with Crippen LogP contribution in [0.1, 0.15) is 30.0 Å². The van der Waals surface area contributed by atoms with Crippen molar-refractivity contribution >= 4 is 27.3 Å². The van der Waals surface area contributed by atoms with Crippen LogP contribution >= 0.6 is 0 Å². The van der Waals surface area contributed by atoms with Crippen LogP contribution in [0.2, 0.25) is 0 Å². The first-order valence-corrected chi connectivity index (χ1v) is 11.4. The monoisotopic (exact) mass is 433 g/mol. The molecule has 10 heteroatoms. The van der Waals surface area contributed by atoms with Gasteiger partial charge in [-0.05, 0) is 39.0 Å². The molecule has 1 aromatic carbocycles. The molecule has 2 heterocycles. The number of nitrogens with one attached hydrogen (secondary N) is 1. The highest BCUT2D eigenvalue weighted by molar-refractivity contribution is 7.89. The van der Waals surface area contributed by atoms with Gasteiger partial charge >= 0.3 is 0 Å². The first-order valence-electron chi connectivity index (χ1n) is 9.93. The third-order valence-corrected chi connectivity index (χ3v) is 6.84. The second-order valence-electron chi connectivity index (χ2n) is 6.86. The smallest absolute Gasteiger partial charge is 0.275 e. The number of sulfonamides is 1. The zero-order valence-corrected chi connectivity index (χ0v) is 18.3. The lowest BCUT2D eigenvalue weighted by Gasteiger charge is -2.28. The standard InChI is InChI=1S/C20H27N5O4S/c1-4-24(5-2)19-7-6-16(30(27,28)25-8-10-29-11-9-25)12-17(19)23-20(26)18-14-21-15(3)13-22-18/h6-7,12-14H,4-5,8-11H2,1-3H3,(H,23,26). The number of carbonyl (C=O) groups is 1. The molecule has 1 aliphatic heterocycles. The maximum Gasteiger partial charge on any atom is 0.275 e. The molecule has 0 bridgehead atoms. The summed E-state index contributed by atoms with van der Waals surface area (Å²) in [6, 6.07) is 4.83. The molecule has 1 amide bonds. The summed E-state index contributed by atoms with van der Waals surface area (Å²) in [7, 11) is -3.69. The lowest BCUT2D eigenvalue weighted by atomic mass is 10.2. The van der Waals surface area contributed by atoms with Crippen LogP contribution in [0.3, 0.4) is 0 Å². The summed E-state index contributed by atoms with van der Waals surface area (Å²) in [6.45, 7) is 8.55. The number of anilines is 2. The van der Waals surface area contributed by atoms with E-state index in [1.807, 2.05) is 18.7 Å². The number of aryl methyl sites for hydroxylation is 1. The Bertz CT molecular complexity index is 985. The van der Waals surface area contributed by atoms with Crippen LogP contribution in [-0.2, 0) is 14.8 Å². The maximum atomic E-state index is 13.1. The molecule has 2 aromatic rings. The summed E-state index contributed by atoms with van der Waals surface area (Å²) >= 11 is 0. The van der Waals surface area contributed by atoms with Crippen molar-refractivity contribution in [2.75, 3.05) is 49.6 Å². The Labute approximate surface area is 177 Å². The van der Waals surface area contributed by atoms with E-state index >= 15 is 0 Å². The topological polar surface area (TPSA) is 105 Å². The van der Waals surface area contributed by atoms with E-state index in [0.717, 1.165) is 5.69 Å². The van der Waals surface area contributed by atoms with Crippen molar-refractivity contribution in [1.29, 1.82) is 0 Å². The molecule has 0 unspecified atom stereocenters. The van der Waals surface area contributed by atoms with Crippen molar-refractivity contribution in [2.45, 2.75) is 25.7 Å². The minimum Gasteiger partial charge on any atom is -0.379 e. The highest BCUT2D eigenvalue weighted by atomic mass is 32.2. The van der Waals surface area contributed by atoms with Gasteiger partial charge in [0.1, 0.15) is 5.69 Å². The summed E-state index contributed by atoms with van der Waals surface area (Å²) in [5, 5.41) is 2.82. The minimum absolute atomic E-state index is 0.130. The van der Waals surface area contributed by atoms with Gasteiger partial charge < -0.3 is 15.0 Å². The molecule has 1 aromatic heterocycles. The van der Waals surface area contributed by atoms with Crippen molar-refractivity contribution < 1.29 is 17.9 Å². The molecule has 0 aliphatic carbocycles. The number of hydrogen-bond acceptors (Lipinski definition) is 7. The van der Waals surface area contributed by atoms with Gasteiger partial charge in [-0.25, -0.2) is 13.4 Å². The first-order chi connectivity index (χ1) is 14.4. The van der Waals surface area contributed by atoms with Crippen LogP contribution in [0.15, 0.2) is 35.5 Å². The van der Waals surface area contributed by atoms with Crippen molar-refractivity contribution in [3.8, 4) is 0 Å². The molecular weight excluding hydrogens is 406 g/mol. The first kappa shape index (κ1) is 22.1. The van der Waals surface area contributed by atoms with Crippen LogP contribution in [0.25, 0.3) is 0 Å². The van der Waals surface area contributed by atoms with Crippen LogP contribution < -0.4 is 10.2 Å². The zero-order valence-electron chi connectivity index (χ0n) is 17.5.